The van der Waals surface area contributed by atoms with Crippen LogP contribution in [-0.4, -0.2) is 42.4 Å². The number of aliphatic hydroxyl groups excluding tert-OH is 1. The molecule has 21 heavy (non-hydrogen) atoms. The molecule has 1 saturated carbocycles. The molecule has 1 fully saturated rings. The summed E-state index contributed by atoms with van der Waals surface area (Å²) in [7, 11) is -3.88. The average Bonchev–Trinajstić information content (AvgIpc) is 2.82. The van der Waals surface area contributed by atoms with E-state index in [4.69, 9.17) is 5.11 Å². The Bertz CT molecular complexity index is 642. The Morgan fingerprint density at radius 1 is 1.33 bits per heavy atom. The van der Waals surface area contributed by atoms with Gasteiger partial charge in [0.1, 0.15) is 11.3 Å². The minimum absolute atomic E-state index is 0.104. The average molecular weight is 315 g/mol. The third kappa shape index (κ3) is 3.52. The standard InChI is InChI=1S/C13H17NO6S/c15-11-3-1-2-8(11)7-14-21(19,20)9-4-5-12(16)10(6-9)13(17)18/h4-6,8,11,14-16H,1-3,7H2,(H,17,18). The molecule has 0 aromatic heterocycles. The van der Waals surface area contributed by atoms with Crippen molar-refractivity contribution in [1.29, 1.82) is 0 Å². The van der Waals surface area contributed by atoms with Gasteiger partial charge in [-0.15, -0.1) is 0 Å². The normalized spacial score (nSPS) is 22.3. The highest BCUT2D eigenvalue weighted by Crippen LogP contribution is 2.26. The summed E-state index contributed by atoms with van der Waals surface area (Å²) < 4.78 is 26.6. The quantitative estimate of drug-likeness (QED) is 0.628. The molecule has 4 N–H and O–H groups in total. The number of aliphatic hydroxyl groups is 1. The maximum atomic E-state index is 12.1. The van der Waals surface area contributed by atoms with Gasteiger partial charge in [-0.3, -0.25) is 0 Å². The van der Waals surface area contributed by atoms with Crippen molar-refractivity contribution in [3.8, 4) is 5.75 Å². The largest absolute Gasteiger partial charge is 0.507 e. The summed E-state index contributed by atoms with van der Waals surface area (Å²) in [5, 5.41) is 27.9. The third-order valence-corrected chi connectivity index (χ3v) is 5.08. The number of carbonyl (C=O) groups is 1. The minimum atomic E-state index is -3.88. The van der Waals surface area contributed by atoms with Crippen LogP contribution in [0.25, 0.3) is 0 Å². The lowest BCUT2D eigenvalue weighted by molar-refractivity contribution is 0.0693. The molecule has 8 heteroatoms. The van der Waals surface area contributed by atoms with E-state index in [1.165, 1.54) is 0 Å². The van der Waals surface area contributed by atoms with Gasteiger partial charge in [-0.05, 0) is 37.0 Å². The van der Waals surface area contributed by atoms with E-state index < -0.39 is 33.4 Å². The van der Waals surface area contributed by atoms with Gasteiger partial charge in [0, 0.05) is 6.54 Å². The fourth-order valence-corrected chi connectivity index (χ4v) is 3.53. The molecule has 116 valence electrons. The van der Waals surface area contributed by atoms with Gasteiger partial charge >= 0.3 is 5.97 Å². The topological polar surface area (TPSA) is 124 Å². The summed E-state index contributed by atoms with van der Waals surface area (Å²) >= 11 is 0. The Labute approximate surface area is 122 Å². The number of hydrogen-bond donors (Lipinski definition) is 4. The molecule has 0 bridgehead atoms. The van der Waals surface area contributed by atoms with Gasteiger partial charge in [0.25, 0.3) is 0 Å². The second-order valence-corrected chi connectivity index (χ2v) is 6.86. The number of aromatic hydroxyl groups is 1. The first-order valence-electron chi connectivity index (χ1n) is 6.55. The summed E-state index contributed by atoms with van der Waals surface area (Å²) in [5.41, 5.74) is -0.473. The van der Waals surface area contributed by atoms with Gasteiger partial charge in [-0.1, -0.05) is 6.42 Å². The van der Waals surface area contributed by atoms with Crippen LogP contribution >= 0.6 is 0 Å². The van der Waals surface area contributed by atoms with E-state index in [0.717, 1.165) is 31.0 Å². The van der Waals surface area contributed by atoms with Crippen molar-refractivity contribution < 1.29 is 28.5 Å². The van der Waals surface area contributed by atoms with Crippen LogP contribution in [0.1, 0.15) is 29.6 Å². The number of nitrogens with one attached hydrogen (secondary N) is 1. The van der Waals surface area contributed by atoms with Crippen molar-refractivity contribution in [2.24, 2.45) is 5.92 Å². The molecular formula is C13H17NO6S. The maximum absolute atomic E-state index is 12.1. The number of rotatable bonds is 5. The molecular weight excluding hydrogens is 298 g/mol. The van der Waals surface area contributed by atoms with Gasteiger partial charge in [0.2, 0.25) is 10.0 Å². The van der Waals surface area contributed by atoms with Gasteiger partial charge < -0.3 is 15.3 Å². The molecule has 2 atom stereocenters. The zero-order valence-corrected chi connectivity index (χ0v) is 12.0. The van der Waals surface area contributed by atoms with Gasteiger partial charge in [0.15, 0.2) is 0 Å². The van der Waals surface area contributed by atoms with Crippen molar-refractivity contribution in [2.75, 3.05) is 6.54 Å². The van der Waals surface area contributed by atoms with Gasteiger partial charge in [-0.2, -0.15) is 0 Å². The number of carboxylic acids is 1. The van der Waals surface area contributed by atoms with Crippen molar-refractivity contribution in [3.63, 3.8) is 0 Å². The van der Waals surface area contributed by atoms with Crippen molar-refractivity contribution in [2.45, 2.75) is 30.3 Å². The Balaban J connectivity index is 2.15. The van der Waals surface area contributed by atoms with Gasteiger partial charge in [0.05, 0.1) is 11.0 Å². The number of aromatic carboxylic acids is 1. The number of hydrogen-bond acceptors (Lipinski definition) is 5. The molecule has 2 unspecified atom stereocenters. The molecule has 0 saturated heterocycles. The van der Waals surface area contributed by atoms with Gasteiger partial charge in [-0.25, -0.2) is 17.9 Å². The van der Waals surface area contributed by atoms with Crippen LogP contribution in [0.4, 0.5) is 0 Å². The number of phenols is 1. The Morgan fingerprint density at radius 3 is 2.62 bits per heavy atom. The van der Waals surface area contributed by atoms with Crippen LogP contribution in [-0.2, 0) is 10.0 Å². The smallest absolute Gasteiger partial charge is 0.339 e. The molecule has 1 aliphatic rings. The first-order valence-corrected chi connectivity index (χ1v) is 8.03. The van der Waals surface area contributed by atoms with E-state index in [2.05, 4.69) is 4.72 Å². The summed E-state index contributed by atoms with van der Waals surface area (Å²) in [5.74, 6) is -2.03. The molecule has 0 aliphatic heterocycles. The van der Waals surface area contributed by atoms with E-state index in [-0.39, 0.29) is 17.4 Å². The maximum Gasteiger partial charge on any atom is 0.339 e. The Hall–Kier alpha value is -1.64. The monoisotopic (exact) mass is 315 g/mol. The SMILES string of the molecule is O=C(O)c1cc(S(=O)(=O)NCC2CCCC2O)ccc1O. The van der Waals surface area contributed by atoms with Crippen molar-refractivity contribution in [1.82, 2.24) is 4.72 Å². The van der Waals surface area contributed by atoms with E-state index in [9.17, 15) is 23.4 Å². The first-order chi connectivity index (χ1) is 9.81. The predicted molar refractivity (Wildman–Crippen MR) is 73.6 cm³/mol. The summed E-state index contributed by atoms with van der Waals surface area (Å²) in [4.78, 5) is 10.7. The van der Waals surface area contributed by atoms with E-state index in [1.54, 1.807) is 0 Å². The lowest BCUT2D eigenvalue weighted by atomic mass is 10.1. The lowest BCUT2D eigenvalue weighted by Gasteiger charge is -2.15. The fraction of sp³-hybridized carbons (Fsp3) is 0.462. The molecule has 0 spiro atoms. The highest BCUT2D eigenvalue weighted by atomic mass is 32.2. The number of sulfonamides is 1. The molecule has 2 rings (SSSR count). The summed E-state index contributed by atoms with van der Waals surface area (Å²) in [6.07, 6.45) is 1.76. The predicted octanol–water partition coefficient (Wildman–Crippen LogP) is 0.530. The zero-order chi connectivity index (χ0) is 15.6. The Morgan fingerprint density at radius 2 is 2.05 bits per heavy atom. The molecule has 1 aliphatic carbocycles. The number of benzene rings is 1. The first kappa shape index (κ1) is 15.7. The molecule has 1 aromatic rings. The molecule has 7 nitrogen and oxygen atoms in total. The Kier molecular flexibility index (Phi) is 4.50. The third-order valence-electron chi connectivity index (χ3n) is 3.66. The van der Waals surface area contributed by atoms with Crippen LogP contribution in [0.3, 0.4) is 0 Å². The summed E-state index contributed by atoms with van der Waals surface area (Å²) in [6, 6.07) is 3.07. The second-order valence-electron chi connectivity index (χ2n) is 5.09. The van der Waals surface area contributed by atoms with Crippen LogP contribution in [0, 0.1) is 5.92 Å². The highest BCUT2D eigenvalue weighted by Gasteiger charge is 2.27. The van der Waals surface area contributed by atoms with Crippen molar-refractivity contribution >= 4 is 16.0 Å². The minimum Gasteiger partial charge on any atom is -0.507 e. The van der Waals surface area contributed by atoms with Crippen LogP contribution in [0.2, 0.25) is 0 Å². The molecule has 0 heterocycles. The van der Waals surface area contributed by atoms with E-state index in [1.807, 2.05) is 0 Å². The van der Waals surface area contributed by atoms with Crippen LogP contribution in [0.15, 0.2) is 23.1 Å². The second kappa shape index (κ2) is 6.00. The van der Waals surface area contributed by atoms with Crippen molar-refractivity contribution in [3.05, 3.63) is 23.8 Å². The fourth-order valence-electron chi connectivity index (χ4n) is 2.41. The zero-order valence-electron chi connectivity index (χ0n) is 11.2. The number of carboxylic acid groups (broad SMARTS) is 1. The summed E-state index contributed by atoms with van der Waals surface area (Å²) in [6.45, 7) is 0.104. The van der Waals surface area contributed by atoms with Crippen LogP contribution in [0.5, 0.6) is 5.75 Å². The lowest BCUT2D eigenvalue weighted by Crippen LogP contribution is -2.32. The van der Waals surface area contributed by atoms with E-state index >= 15 is 0 Å². The highest BCUT2D eigenvalue weighted by molar-refractivity contribution is 7.89. The molecule has 0 amide bonds. The van der Waals surface area contributed by atoms with Crippen LogP contribution < -0.4 is 4.72 Å². The molecule has 0 radical (unpaired) electrons. The van der Waals surface area contributed by atoms with E-state index in [0.29, 0.717) is 6.42 Å². The molecule has 1 aromatic carbocycles.